The van der Waals surface area contributed by atoms with Crippen LogP contribution in [-0.2, 0) is 14.3 Å². The van der Waals surface area contributed by atoms with E-state index in [2.05, 4.69) is 18.7 Å². The molecule has 0 aliphatic heterocycles. The summed E-state index contributed by atoms with van der Waals surface area (Å²) in [6.07, 6.45) is 0.171. The molecule has 0 heterocycles. The number of carbonyl (C=O) groups excluding carboxylic acids is 2. The van der Waals surface area contributed by atoms with E-state index < -0.39 is 0 Å². The Hall–Kier alpha value is -1.79. The van der Waals surface area contributed by atoms with Crippen LogP contribution in [-0.4, -0.2) is 67.6 Å². The minimum atomic E-state index is -0.305. The van der Waals surface area contributed by atoms with Gasteiger partial charge < -0.3 is 19.3 Å². The smallest absolute Gasteiger partial charge is 0.307 e. The molecule has 0 unspecified atom stereocenters. The fraction of sp³-hybridized carbons (Fsp3) is 0.579. The number of para-hydroxylation sites is 1. The lowest BCUT2D eigenvalue weighted by Gasteiger charge is -2.26. The van der Waals surface area contributed by atoms with Gasteiger partial charge in [-0.25, -0.2) is 0 Å². The Morgan fingerprint density at radius 2 is 1.73 bits per heavy atom. The van der Waals surface area contributed by atoms with E-state index >= 15 is 0 Å². The fourth-order valence-electron chi connectivity index (χ4n) is 2.42. The molecular weight excluding hydrogens is 356 g/mol. The van der Waals surface area contributed by atoms with Gasteiger partial charge in [0.2, 0.25) is 0 Å². The Bertz CT molecular complexity index is 564. The lowest BCUT2D eigenvalue weighted by atomic mass is 10.3. The quantitative estimate of drug-likeness (QED) is 0.518. The molecule has 0 bridgehead atoms. The van der Waals surface area contributed by atoms with E-state index in [4.69, 9.17) is 21.1 Å². The summed E-state index contributed by atoms with van der Waals surface area (Å²) < 4.78 is 10.5. The zero-order valence-electron chi connectivity index (χ0n) is 15.9. The number of carbonyl (C=O) groups is 2. The SMILES string of the molecule is CCOC(=O)CCN(CCN(CC)CC)C(=O)COc1ccccc1Cl. The van der Waals surface area contributed by atoms with Crippen LogP contribution in [0.4, 0.5) is 0 Å². The van der Waals surface area contributed by atoms with Crippen LogP contribution >= 0.6 is 11.6 Å². The highest BCUT2D eigenvalue weighted by molar-refractivity contribution is 6.32. The first-order valence-electron chi connectivity index (χ1n) is 9.04. The zero-order valence-corrected chi connectivity index (χ0v) is 16.6. The molecule has 1 aromatic carbocycles. The molecule has 0 saturated carbocycles. The van der Waals surface area contributed by atoms with Crippen molar-refractivity contribution in [2.45, 2.75) is 27.2 Å². The Labute approximate surface area is 161 Å². The monoisotopic (exact) mass is 384 g/mol. The summed E-state index contributed by atoms with van der Waals surface area (Å²) in [6, 6.07) is 7.02. The van der Waals surface area contributed by atoms with Gasteiger partial charge in [-0.05, 0) is 32.1 Å². The molecule has 26 heavy (non-hydrogen) atoms. The van der Waals surface area contributed by atoms with Gasteiger partial charge in [0.05, 0.1) is 18.1 Å². The Kier molecular flexibility index (Phi) is 10.7. The van der Waals surface area contributed by atoms with Crippen molar-refractivity contribution in [2.75, 3.05) is 45.9 Å². The molecule has 1 amide bonds. The maximum Gasteiger partial charge on any atom is 0.307 e. The largest absolute Gasteiger partial charge is 0.482 e. The molecule has 7 heteroatoms. The summed E-state index contributed by atoms with van der Waals surface area (Å²) in [4.78, 5) is 28.1. The van der Waals surface area contributed by atoms with Gasteiger partial charge in [0.15, 0.2) is 6.61 Å². The number of rotatable bonds is 12. The number of amides is 1. The Morgan fingerprint density at radius 3 is 2.35 bits per heavy atom. The zero-order chi connectivity index (χ0) is 19.4. The highest BCUT2D eigenvalue weighted by atomic mass is 35.5. The van der Waals surface area contributed by atoms with Crippen LogP contribution in [0.5, 0.6) is 5.75 Å². The minimum Gasteiger partial charge on any atom is -0.482 e. The first-order chi connectivity index (χ1) is 12.5. The van der Waals surface area contributed by atoms with Crippen LogP contribution in [0, 0.1) is 0 Å². The second-order valence-corrected chi connectivity index (χ2v) is 6.09. The number of halogens is 1. The molecular formula is C19H29ClN2O4. The van der Waals surface area contributed by atoms with E-state index in [1.54, 1.807) is 36.1 Å². The second-order valence-electron chi connectivity index (χ2n) is 5.68. The van der Waals surface area contributed by atoms with Crippen molar-refractivity contribution < 1.29 is 19.1 Å². The van der Waals surface area contributed by atoms with Crippen LogP contribution in [0.15, 0.2) is 24.3 Å². The predicted octanol–water partition coefficient (Wildman–Crippen LogP) is 2.84. The molecule has 0 aliphatic rings. The molecule has 0 radical (unpaired) electrons. The summed E-state index contributed by atoms with van der Waals surface area (Å²) in [7, 11) is 0. The summed E-state index contributed by atoms with van der Waals surface area (Å²) >= 11 is 6.05. The van der Waals surface area contributed by atoms with Crippen molar-refractivity contribution in [3.63, 3.8) is 0 Å². The van der Waals surface area contributed by atoms with Gasteiger partial charge >= 0.3 is 5.97 Å². The summed E-state index contributed by atoms with van der Waals surface area (Å²) in [5.41, 5.74) is 0. The molecule has 1 aromatic rings. The molecule has 0 fully saturated rings. The second kappa shape index (κ2) is 12.5. The normalized spacial score (nSPS) is 10.7. The first-order valence-corrected chi connectivity index (χ1v) is 9.42. The lowest BCUT2D eigenvalue weighted by Crippen LogP contribution is -2.42. The van der Waals surface area contributed by atoms with Crippen LogP contribution in [0.3, 0.4) is 0 Å². The molecule has 0 aliphatic carbocycles. The van der Waals surface area contributed by atoms with Crippen molar-refractivity contribution in [3.8, 4) is 5.75 Å². The van der Waals surface area contributed by atoms with Gasteiger partial charge in [-0.2, -0.15) is 0 Å². The van der Waals surface area contributed by atoms with Crippen LogP contribution in [0.25, 0.3) is 0 Å². The van der Waals surface area contributed by atoms with Gasteiger partial charge in [-0.1, -0.05) is 37.6 Å². The first kappa shape index (κ1) is 22.3. The van der Waals surface area contributed by atoms with Crippen LogP contribution < -0.4 is 4.74 Å². The number of likely N-dealkylation sites (N-methyl/N-ethyl adjacent to an activating group) is 1. The third-order valence-electron chi connectivity index (χ3n) is 4.01. The number of esters is 1. The van der Waals surface area contributed by atoms with Crippen molar-refractivity contribution in [1.29, 1.82) is 0 Å². The molecule has 0 atom stereocenters. The van der Waals surface area contributed by atoms with E-state index in [1.807, 2.05) is 0 Å². The summed E-state index contributed by atoms with van der Waals surface area (Å²) in [6.45, 7) is 9.54. The molecule has 0 N–H and O–H groups in total. The van der Waals surface area contributed by atoms with Crippen molar-refractivity contribution in [1.82, 2.24) is 9.80 Å². The highest BCUT2D eigenvalue weighted by Crippen LogP contribution is 2.23. The third-order valence-corrected chi connectivity index (χ3v) is 4.32. The highest BCUT2D eigenvalue weighted by Gasteiger charge is 2.17. The molecule has 0 saturated heterocycles. The average molecular weight is 385 g/mol. The Morgan fingerprint density at radius 1 is 1.04 bits per heavy atom. The van der Waals surface area contributed by atoms with Crippen LogP contribution in [0.1, 0.15) is 27.2 Å². The Balaban J connectivity index is 2.63. The summed E-state index contributed by atoms with van der Waals surface area (Å²) in [5.74, 6) is -0.0156. The maximum atomic E-state index is 12.6. The van der Waals surface area contributed by atoms with E-state index in [1.165, 1.54) is 0 Å². The lowest BCUT2D eigenvalue weighted by molar-refractivity contribution is -0.144. The van der Waals surface area contributed by atoms with Crippen LogP contribution in [0.2, 0.25) is 5.02 Å². The van der Waals surface area contributed by atoms with Crippen molar-refractivity contribution >= 4 is 23.5 Å². The number of hydrogen-bond donors (Lipinski definition) is 0. The van der Waals surface area contributed by atoms with E-state index in [9.17, 15) is 9.59 Å². The van der Waals surface area contributed by atoms with E-state index in [0.29, 0.717) is 30.5 Å². The average Bonchev–Trinajstić information content (AvgIpc) is 2.64. The molecule has 6 nitrogen and oxygen atoms in total. The van der Waals surface area contributed by atoms with Crippen molar-refractivity contribution in [3.05, 3.63) is 29.3 Å². The molecule has 0 spiro atoms. The van der Waals surface area contributed by atoms with Gasteiger partial charge in [0.25, 0.3) is 5.91 Å². The fourth-order valence-corrected chi connectivity index (χ4v) is 2.61. The third kappa shape index (κ3) is 8.06. The standard InChI is InChI=1S/C19H29ClN2O4/c1-4-21(5-2)13-14-22(12-11-19(24)25-6-3)18(23)15-26-17-10-8-7-9-16(17)20/h7-10H,4-6,11-15H2,1-3H3. The van der Waals surface area contributed by atoms with Gasteiger partial charge in [0, 0.05) is 19.6 Å². The number of nitrogens with zero attached hydrogens (tertiary/aromatic N) is 2. The topological polar surface area (TPSA) is 59.1 Å². The van der Waals surface area contributed by atoms with Gasteiger partial charge in [-0.3, -0.25) is 9.59 Å². The minimum absolute atomic E-state index is 0.120. The number of hydrogen-bond acceptors (Lipinski definition) is 5. The van der Waals surface area contributed by atoms with E-state index in [0.717, 1.165) is 19.6 Å². The van der Waals surface area contributed by atoms with Crippen molar-refractivity contribution in [2.24, 2.45) is 0 Å². The summed E-state index contributed by atoms with van der Waals surface area (Å²) in [5, 5.41) is 0.460. The number of benzene rings is 1. The number of ether oxygens (including phenoxy) is 2. The molecule has 0 aromatic heterocycles. The van der Waals surface area contributed by atoms with Gasteiger partial charge in [-0.15, -0.1) is 0 Å². The maximum absolute atomic E-state index is 12.6. The van der Waals surface area contributed by atoms with E-state index in [-0.39, 0.29) is 24.9 Å². The molecule has 1 rings (SSSR count). The van der Waals surface area contributed by atoms with Gasteiger partial charge in [0.1, 0.15) is 5.75 Å². The predicted molar refractivity (Wildman–Crippen MR) is 103 cm³/mol. The molecule has 146 valence electrons.